The van der Waals surface area contributed by atoms with E-state index in [-0.39, 0.29) is 5.41 Å². The average molecular weight is 623 g/mol. The summed E-state index contributed by atoms with van der Waals surface area (Å²) in [4.78, 5) is 0. The lowest BCUT2D eigenvalue weighted by Crippen LogP contribution is -2.14. The monoisotopic (exact) mass is 622 g/mol. The van der Waals surface area contributed by atoms with Crippen LogP contribution in [0.5, 0.6) is 0 Å². The molecular weight excluding hydrogens is 589 g/mol. The standard InChI is InChI=1S/C49H34/c1-49(2)45-21-10-9-17-39(45)40-26-25-36(30-46(40)49)48-42-19-8-7-18-41(42)47(35-23-22-31-12-3-4-14-33(31)28-35)43-27-24-34(29-44(43)48)38-20-11-15-32-13-5-6-16-37(32)38/h3-30H,1-2H3. The summed E-state index contributed by atoms with van der Waals surface area (Å²) in [5.74, 6) is 0. The highest BCUT2D eigenvalue weighted by molar-refractivity contribution is 6.22. The maximum absolute atomic E-state index is 2.48. The highest BCUT2D eigenvalue weighted by Crippen LogP contribution is 2.51. The lowest BCUT2D eigenvalue weighted by Gasteiger charge is -2.23. The summed E-state index contributed by atoms with van der Waals surface area (Å²) >= 11 is 0. The van der Waals surface area contributed by atoms with E-state index >= 15 is 0 Å². The zero-order chi connectivity index (χ0) is 32.7. The second-order valence-electron chi connectivity index (χ2n) is 14.1. The van der Waals surface area contributed by atoms with E-state index in [4.69, 9.17) is 0 Å². The van der Waals surface area contributed by atoms with Crippen LogP contribution in [-0.2, 0) is 5.41 Å². The van der Waals surface area contributed by atoms with E-state index in [0.29, 0.717) is 0 Å². The summed E-state index contributed by atoms with van der Waals surface area (Å²) in [5, 5.41) is 10.2. The van der Waals surface area contributed by atoms with E-state index < -0.39 is 0 Å². The third kappa shape index (κ3) is 4.17. The SMILES string of the molecule is CC1(C)c2ccccc2-c2ccc(-c3c4ccccc4c(-c4ccc5ccccc5c4)c4ccc(-c5cccc6ccccc56)cc34)cc21. The largest absolute Gasteiger partial charge is 0.0619 e. The molecule has 1 aliphatic rings. The van der Waals surface area contributed by atoms with Crippen LogP contribution in [0.15, 0.2) is 170 Å². The molecule has 0 spiro atoms. The van der Waals surface area contributed by atoms with Gasteiger partial charge in [0.25, 0.3) is 0 Å². The molecule has 0 fully saturated rings. The van der Waals surface area contributed by atoms with Gasteiger partial charge in [-0.1, -0.05) is 166 Å². The molecule has 0 atom stereocenters. The highest BCUT2D eigenvalue weighted by atomic mass is 14.4. The van der Waals surface area contributed by atoms with Crippen molar-refractivity contribution in [3.05, 3.63) is 181 Å². The fraction of sp³-hybridized carbons (Fsp3) is 0.0612. The van der Waals surface area contributed by atoms with Crippen LogP contribution in [0, 0.1) is 0 Å². The first kappa shape index (κ1) is 28.1. The number of fused-ring (bicyclic) bond motifs is 7. The molecule has 230 valence electrons. The summed E-state index contributed by atoms with van der Waals surface area (Å²) in [6.45, 7) is 4.75. The Kier molecular flexibility index (Phi) is 6.02. The molecule has 0 N–H and O–H groups in total. The van der Waals surface area contributed by atoms with E-state index in [9.17, 15) is 0 Å². The molecule has 0 saturated carbocycles. The first-order valence-electron chi connectivity index (χ1n) is 17.3. The molecule has 0 bridgehead atoms. The minimum Gasteiger partial charge on any atom is -0.0619 e. The molecule has 0 nitrogen and oxygen atoms in total. The van der Waals surface area contributed by atoms with Gasteiger partial charge in [-0.15, -0.1) is 0 Å². The predicted octanol–water partition coefficient (Wildman–Crippen LogP) is 13.6. The van der Waals surface area contributed by atoms with Crippen molar-refractivity contribution in [1.82, 2.24) is 0 Å². The minimum atomic E-state index is -0.0767. The van der Waals surface area contributed by atoms with Crippen LogP contribution in [0.25, 0.3) is 87.6 Å². The Morgan fingerprint density at radius 2 is 0.857 bits per heavy atom. The number of benzene rings is 9. The molecule has 9 aromatic rings. The van der Waals surface area contributed by atoms with Gasteiger partial charge in [0.1, 0.15) is 0 Å². The second kappa shape index (κ2) is 10.5. The van der Waals surface area contributed by atoms with Crippen LogP contribution in [0.1, 0.15) is 25.0 Å². The zero-order valence-corrected chi connectivity index (χ0v) is 27.7. The Balaban J connectivity index is 1.31. The van der Waals surface area contributed by atoms with Gasteiger partial charge < -0.3 is 0 Å². The molecule has 49 heavy (non-hydrogen) atoms. The van der Waals surface area contributed by atoms with E-state index in [2.05, 4.69) is 184 Å². The van der Waals surface area contributed by atoms with Crippen LogP contribution in [0.4, 0.5) is 0 Å². The number of hydrogen-bond acceptors (Lipinski definition) is 0. The molecule has 0 saturated heterocycles. The van der Waals surface area contributed by atoms with Crippen molar-refractivity contribution in [3.8, 4) is 44.5 Å². The first-order valence-corrected chi connectivity index (χ1v) is 17.3. The van der Waals surface area contributed by atoms with Crippen LogP contribution in [-0.4, -0.2) is 0 Å². The molecule has 10 rings (SSSR count). The van der Waals surface area contributed by atoms with Gasteiger partial charge in [-0.2, -0.15) is 0 Å². The molecule has 0 heteroatoms. The topological polar surface area (TPSA) is 0 Å². The highest BCUT2D eigenvalue weighted by Gasteiger charge is 2.35. The summed E-state index contributed by atoms with van der Waals surface area (Å²) in [6.07, 6.45) is 0. The quantitative estimate of drug-likeness (QED) is 0.172. The van der Waals surface area contributed by atoms with Gasteiger partial charge in [0.15, 0.2) is 0 Å². The van der Waals surface area contributed by atoms with E-state index in [1.54, 1.807) is 0 Å². The van der Waals surface area contributed by atoms with Gasteiger partial charge in [-0.3, -0.25) is 0 Å². The van der Waals surface area contributed by atoms with Crippen molar-refractivity contribution >= 4 is 43.1 Å². The molecule has 0 aromatic heterocycles. The van der Waals surface area contributed by atoms with Crippen molar-refractivity contribution in [3.63, 3.8) is 0 Å². The lowest BCUT2D eigenvalue weighted by atomic mass is 9.80. The van der Waals surface area contributed by atoms with E-state index in [0.717, 1.165) is 0 Å². The molecule has 0 unspecified atom stereocenters. The molecule has 0 radical (unpaired) electrons. The molecular formula is C49H34. The Morgan fingerprint density at radius 3 is 1.69 bits per heavy atom. The summed E-state index contributed by atoms with van der Waals surface area (Å²) in [5.41, 5.74) is 13.0. The van der Waals surface area contributed by atoms with Gasteiger partial charge in [-0.05, 0) is 117 Å². The van der Waals surface area contributed by atoms with Crippen LogP contribution in [0.2, 0.25) is 0 Å². The third-order valence-corrected chi connectivity index (χ3v) is 11.0. The Bertz CT molecular complexity index is 2790. The summed E-state index contributed by atoms with van der Waals surface area (Å²) in [7, 11) is 0. The zero-order valence-electron chi connectivity index (χ0n) is 27.7. The van der Waals surface area contributed by atoms with Gasteiger partial charge >= 0.3 is 0 Å². The van der Waals surface area contributed by atoms with Crippen LogP contribution in [0.3, 0.4) is 0 Å². The normalized spacial score (nSPS) is 13.3. The lowest BCUT2D eigenvalue weighted by molar-refractivity contribution is 0.660. The second-order valence-corrected chi connectivity index (χ2v) is 14.1. The number of rotatable bonds is 3. The minimum absolute atomic E-state index is 0.0767. The van der Waals surface area contributed by atoms with Gasteiger partial charge in [-0.25, -0.2) is 0 Å². The molecule has 0 heterocycles. The van der Waals surface area contributed by atoms with Gasteiger partial charge in [0.2, 0.25) is 0 Å². The Labute approximate surface area is 286 Å². The molecule has 1 aliphatic carbocycles. The maximum atomic E-state index is 2.48. The van der Waals surface area contributed by atoms with Gasteiger partial charge in [0.05, 0.1) is 0 Å². The summed E-state index contributed by atoms with van der Waals surface area (Å²) < 4.78 is 0. The molecule has 0 amide bonds. The Morgan fingerprint density at radius 1 is 0.306 bits per heavy atom. The van der Waals surface area contributed by atoms with Crippen LogP contribution < -0.4 is 0 Å². The van der Waals surface area contributed by atoms with Crippen molar-refractivity contribution < 1.29 is 0 Å². The van der Waals surface area contributed by atoms with E-state index in [1.807, 2.05) is 0 Å². The Hall–Kier alpha value is -5.98. The fourth-order valence-corrected chi connectivity index (χ4v) is 8.65. The predicted molar refractivity (Wildman–Crippen MR) is 210 cm³/mol. The molecule has 9 aromatic carbocycles. The van der Waals surface area contributed by atoms with Gasteiger partial charge in [0, 0.05) is 5.41 Å². The average Bonchev–Trinajstić information content (AvgIpc) is 3.38. The number of hydrogen-bond donors (Lipinski definition) is 0. The van der Waals surface area contributed by atoms with Crippen molar-refractivity contribution in [2.45, 2.75) is 19.3 Å². The van der Waals surface area contributed by atoms with Crippen molar-refractivity contribution in [2.75, 3.05) is 0 Å². The summed E-state index contributed by atoms with van der Waals surface area (Å²) in [6, 6.07) is 63.3. The van der Waals surface area contributed by atoms with E-state index in [1.165, 1.54) is 98.7 Å². The van der Waals surface area contributed by atoms with Crippen LogP contribution >= 0.6 is 0 Å². The molecule has 0 aliphatic heterocycles. The fourth-order valence-electron chi connectivity index (χ4n) is 8.65. The maximum Gasteiger partial charge on any atom is 0.0159 e. The van der Waals surface area contributed by atoms with Crippen molar-refractivity contribution in [2.24, 2.45) is 0 Å². The van der Waals surface area contributed by atoms with Crippen molar-refractivity contribution in [1.29, 1.82) is 0 Å². The first-order chi connectivity index (χ1) is 24.1. The third-order valence-electron chi connectivity index (χ3n) is 11.0. The smallest absolute Gasteiger partial charge is 0.0159 e.